The minimum absolute atomic E-state index is 0.108. The molecule has 1 N–H and O–H groups in total. The number of hydrogen-bond acceptors (Lipinski definition) is 4. The van der Waals surface area contributed by atoms with Gasteiger partial charge in [-0.2, -0.15) is 13.2 Å². The maximum atomic E-state index is 12.9. The van der Waals surface area contributed by atoms with Crippen LogP contribution in [-0.2, 0) is 27.4 Å². The van der Waals surface area contributed by atoms with Crippen molar-refractivity contribution in [2.24, 2.45) is 10.9 Å². The zero-order valence-electron chi connectivity index (χ0n) is 16.6. The maximum absolute atomic E-state index is 12.9. The van der Waals surface area contributed by atoms with Gasteiger partial charge in [0.15, 0.2) is 0 Å². The van der Waals surface area contributed by atoms with Gasteiger partial charge in [-0.15, -0.1) is 0 Å². The van der Waals surface area contributed by atoms with Crippen LogP contribution in [0.1, 0.15) is 24.5 Å². The lowest BCUT2D eigenvalue weighted by Crippen LogP contribution is -2.31. The lowest BCUT2D eigenvalue weighted by molar-refractivity contribution is -0.137. The molecular weight excluding hydrogens is 488 g/mol. The van der Waals surface area contributed by atoms with Gasteiger partial charge in [-0.1, -0.05) is 47.5 Å². The summed E-state index contributed by atoms with van der Waals surface area (Å²) in [5, 5.41) is -0.284. The summed E-state index contributed by atoms with van der Waals surface area (Å²) in [7, 11) is -4.35. The third kappa shape index (κ3) is 5.51. The van der Waals surface area contributed by atoms with Crippen molar-refractivity contribution in [3.05, 3.63) is 75.4 Å². The fraction of sp³-hybridized carbons (Fsp3) is 0.238. The van der Waals surface area contributed by atoms with E-state index >= 15 is 0 Å². The van der Waals surface area contributed by atoms with Crippen molar-refractivity contribution in [3.63, 3.8) is 0 Å². The summed E-state index contributed by atoms with van der Waals surface area (Å²) in [6.07, 6.45) is -2.22. The molecule has 1 amide bonds. The third-order valence-electron chi connectivity index (χ3n) is 4.84. The molecule has 1 aliphatic rings. The van der Waals surface area contributed by atoms with Crippen LogP contribution in [0.4, 0.5) is 13.2 Å². The first-order valence-electron chi connectivity index (χ1n) is 9.33. The number of aryl methyl sites for hydroxylation is 1. The van der Waals surface area contributed by atoms with Crippen molar-refractivity contribution in [1.82, 2.24) is 4.72 Å². The number of benzene rings is 2. The highest BCUT2D eigenvalue weighted by Gasteiger charge is 2.31. The number of nitrogens with zero attached hydrogens (tertiary/aromatic N) is 1. The van der Waals surface area contributed by atoms with Crippen LogP contribution in [-0.4, -0.2) is 20.0 Å². The van der Waals surface area contributed by atoms with Crippen LogP contribution in [0.2, 0.25) is 10.0 Å². The number of hydrogen-bond donors (Lipinski definition) is 1. The molecule has 1 unspecified atom stereocenters. The molecule has 0 bridgehead atoms. The molecule has 0 aromatic heterocycles. The maximum Gasteiger partial charge on any atom is 0.416 e. The Kier molecular flexibility index (Phi) is 7.02. The number of aliphatic imine (C=N–C) groups is 1. The van der Waals surface area contributed by atoms with E-state index in [0.29, 0.717) is 24.1 Å². The van der Waals surface area contributed by atoms with Gasteiger partial charge in [0.25, 0.3) is 15.9 Å². The summed E-state index contributed by atoms with van der Waals surface area (Å²) in [6.45, 7) is 1.66. The van der Waals surface area contributed by atoms with E-state index in [-0.39, 0.29) is 21.7 Å². The Hall–Kier alpha value is -2.36. The fourth-order valence-electron chi connectivity index (χ4n) is 3.23. The van der Waals surface area contributed by atoms with E-state index in [1.54, 1.807) is 13.0 Å². The van der Waals surface area contributed by atoms with Crippen LogP contribution in [0.25, 0.3) is 0 Å². The van der Waals surface area contributed by atoms with E-state index in [2.05, 4.69) is 4.99 Å². The number of rotatable bonds is 6. The second kappa shape index (κ2) is 9.25. The second-order valence-electron chi connectivity index (χ2n) is 7.13. The van der Waals surface area contributed by atoms with Gasteiger partial charge in [0, 0.05) is 11.6 Å². The number of amides is 1. The monoisotopic (exact) mass is 504 g/mol. The minimum Gasteiger partial charge on any atom is -0.266 e. The van der Waals surface area contributed by atoms with Crippen LogP contribution in [0.5, 0.6) is 0 Å². The average molecular weight is 505 g/mol. The zero-order valence-corrected chi connectivity index (χ0v) is 18.9. The van der Waals surface area contributed by atoms with Gasteiger partial charge < -0.3 is 0 Å². The summed E-state index contributed by atoms with van der Waals surface area (Å²) >= 11 is 11.8. The van der Waals surface area contributed by atoms with Gasteiger partial charge in [-0.3, -0.25) is 9.79 Å². The summed E-state index contributed by atoms with van der Waals surface area (Å²) in [5.74, 6) is -1.28. The Labute approximate surface area is 193 Å². The lowest BCUT2D eigenvalue weighted by Gasteiger charge is -2.11. The standard InChI is InChI=1S/C21H17Cl2F3N2O3S/c1-12-14(9-8-13-4-2-5-15(10-13)21(24,25)26)11-18(27-12)20(29)28-32(30,31)19-16(22)6-3-7-17(19)23/h2-7,10-11,14H,8-9H2,1H3,(H,28,29). The summed E-state index contributed by atoms with van der Waals surface area (Å²) < 4.78 is 65.7. The molecular formula is C21H17Cl2F3N2O3S. The van der Waals surface area contributed by atoms with Crippen molar-refractivity contribution in [2.45, 2.75) is 30.8 Å². The van der Waals surface area contributed by atoms with E-state index in [9.17, 15) is 26.4 Å². The normalized spacial score (nSPS) is 16.5. The molecule has 11 heteroatoms. The van der Waals surface area contributed by atoms with Crippen LogP contribution in [0.3, 0.4) is 0 Å². The van der Waals surface area contributed by atoms with Gasteiger partial charge in [0.2, 0.25) is 0 Å². The van der Waals surface area contributed by atoms with Crippen LogP contribution in [0, 0.1) is 5.92 Å². The van der Waals surface area contributed by atoms with E-state index in [0.717, 1.165) is 12.1 Å². The molecule has 2 aromatic rings. The largest absolute Gasteiger partial charge is 0.416 e. The predicted octanol–water partition coefficient (Wildman–Crippen LogP) is 5.42. The first-order valence-corrected chi connectivity index (χ1v) is 11.6. The third-order valence-corrected chi connectivity index (χ3v) is 7.12. The first-order chi connectivity index (χ1) is 14.9. The number of alkyl halides is 3. The topological polar surface area (TPSA) is 75.6 Å². The van der Waals surface area contributed by atoms with Crippen molar-refractivity contribution in [3.8, 4) is 0 Å². The Bertz CT molecular complexity index is 1200. The fourth-order valence-corrected chi connectivity index (χ4v) is 5.34. The van der Waals surface area contributed by atoms with Crippen molar-refractivity contribution in [1.29, 1.82) is 0 Å². The summed E-state index contributed by atoms with van der Waals surface area (Å²) in [5.41, 5.74) is 0.208. The zero-order chi connectivity index (χ0) is 23.7. The van der Waals surface area contributed by atoms with E-state index in [1.807, 2.05) is 4.72 Å². The van der Waals surface area contributed by atoms with Crippen molar-refractivity contribution >= 4 is 44.8 Å². The van der Waals surface area contributed by atoms with Crippen molar-refractivity contribution in [2.75, 3.05) is 0 Å². The Morgan fingerprint density at radius 2 is 1.75 bits per heavy atom. The van der Waals surface area contributed by atoms with E-state index in [1.165, 1.54) is 30.3 Å². The molecule has 5 nitrogen and oxygen atoms in total. The molecule has 0 saturated carbocycles. The SMILES string of the molecule is CC1=NC(C(=O)NS(=O)(=O)c2c(Cl)cccc2Cl)=CC1CCc1cccc(C(F)(F)F)c1. The average Bonchev–Trinajstić information content (AvgIpc) is 3.06. The number of carbonyl (C=O) groups excluding carboxylic acids is 1. The lowest BCUT2D eigenvalue weighted by atomic mass is 9.95. The number of sulfonamides is 1. The van der Waals surface area contributed by atoms with Crippen LogP contribution >= 0.6 is 23.2 Å². The van der Waals surface area contributed by atoms with Gasteiger partial charge >= 0.3 is 6.18 Å². The molecule has 1 atom stereocenters. The molecule has 0 fully saturated rings. The van der Waals surface area contributed by atoms with Gasteiger partial charge in [0.05, 0.1) is 15.6 Å². The molecule has 0 aliphatic carbocycles. The molecule has 1 heterocycles. The molecule has 2 aromatic carbocycles. The number of allylic oxidation sites excluding steroid dienone is 1. The molecule has 170 valence electrons. The second-order valence-corrected chi connectivity index (χ2v) is 9.57. The Morgan fingerprint density at radius 1 is 1.12 bits per heavy atom. The number of carbonyl (C=O) groups is 1. The quantitative estimate of drug-likeness (QED) is 0.570. The van der Waals surface area contributed by atoms with Crippen LogP contribution < -0.4 is 4.72 Å². The smallest absolute Gasteiger partial charge is 0.266 e. The van der Waals surface area contributed by atoms with Gasteiger partial charge in [0.1, 0.15) is 10.6 Å². The number of halogens is 5. The highest BCUT2D eigenvalue weighted by Crippen LogP contribution is 2.31. The van der Waals surface area contributed by atoms with E-state index in [4.69, 9.17) is 23.2 Å². The summed E-state index contributed by atoms with van der Waals surface area (Å²) in [6, 6.07) is 9.13. The molecule has 32 heavy (non-hydrogen) atoms. The molecule has 1 aliphatic heterocycles. The van der Waals surface area contributed by atoms with Gasteiger partial charge in [-0.25, -0.2) is 13.1 Å². The van der Waals surface area contributed by atoms with E-state index < -0.39 is 32.6 Å². The van der Waals surface area contributed by atoms with Gasteiger partial charge in [-0.05, 0) is 49.6 Å². The minimum atomic E-state index is -4.43. The molecule has 0 spiro atoms. The van der Waals surface area contributed by atoms with Crippen LogP contribution in [0.15, 0.2) is 64.1 Å². The Balaban J connectivity index is 1.71. The molecule has 3 rings (SSSR count). The molecule has 0 saturated heterocycles. The Morgan fingerprint density at radius 3 is 2.38 bits per heavy atom. The highest BCUT2D eigenvalue weighted by atomic mass is 35.5. The highest BCUT2D eigenvalue weighted by molar-refractivity contribution is 7.90. The van der Waals surface area contributed by atoms with Crippen molar-refractivity contribution < 1.29 is 26.4 Å². The first kappa shape index (κ1) is 24.3. The predicted molar refractivity (Wildman–Crippen MR) is 116 cm³/mol. The molecule has 0 radical (unpaired) electrons. The summed E-state index contributed by atoms with van der Waals surface area (Å²) in [4.78, 5) is 16.2. The number of nitrogens with one attached hydrogen (secondary N) is 1.